The van der Waals surface area contributed by atoms with Gasteiger partial charge >= 0.3 is 0 Å². The van der Waals surface area contributed by atoms with Crippen molar-refractivity contribution in [3.05, 3.63) is 50.1 Å². The average molecular weight is 365 g/mol. The van der Waals surface area contributed by atoms with Gasteiger partial charge in [-0.2, -0.15) is 0 Å². The Balaban J connectivity index is 1.85. The first-order valence-electron chi connectivity index (χ1n) is 6.45. The zero-order valence-electron chi connectivity index (χ0n) is 11.5. The maximum atomic E-state index is 12.0. The van der Waals surface area contributed by atoms with E-state index in [0.29, 0.717) is 11.1 Å². The SMILES string of the molecule is CC(Nc1ccc2c(c1)C(=O)N(C)C2=O)c1ccc(Br)s1. The number of anilines is 1. The molecule has 4 nitrogen and oxygen atoms in total. The van der Waals surface area contributed by atoms with Gasteiger partial charge in [0.05, 0.1) is 21.0 Å². The minimum Gasteiger partial charge on any atom is -0.378 e. The summed E-state index contributed by atoms with van der Waals surface area (Å²) in [6.45, 7) is 2.06. The predicted molar refractivity (Wildman–Crippen MR) is 86.9 cm³/mol. The van der Waals surface area contributed by atoms with Crippen LogP contribution in [0, 0.1) is 0 Å². The smallest absolute Gasteiger partial charge is 0.261 e. The molecule has 3 rings (SSSR count). The van der Waals surface area contributed by atoms with E-state index < -0.39 is 0 Å². The maximum Gasteiger partial charge on any atom is 0.261 e. The fourth-order valence-electron chi connectivity index (χ4n) is 2.33. The van der Waals surface area contributed by atoms with Crippen molar-refractivity contribution in [2.45, 2.75) is 13.0 Å². The van der Waals surface area contributed by atoms with Gasteiger partial charge in [-0.1, -0.05) is 0 Å². The molecule has 1 aromatic carbocycles. The zero-order valence-corrected chi connectivity index (χ0v) is 13.9. The van der Waals surface area contributed by atoms with Gasteiger partial charge in [-0.15, -0.1) is 11.3 Å². The molecule has 0 saturated carbocycles. The van der Waals surface area contributed by atoms with E-state index in [4.69, 9.17) is 0 Å². The molecule has 108 valence electrons. The summed E-state index contributed by atoms with van der Waals surface area (Å²) in [5.41, 5.74) is 1.77. The van der Waals surface area contributed by atoms with E-state index in [9.17, 15) is 9.59 Å². The number of hydrogen-bond acceptors (Lipinski definition) is 4. The minimum atomic E-state index is -0.245. The second-order valence-corrected chi connectivity index (χ2v) is 7.43. The van der Waals surface area contributed by atoms with Gasteiger partial charge in [-0.05, 0) is 53.2 Å². The summed E-state index contributed by atoms with van der Waals surface area (Å²) in [5.74, 6) is -0.484. The van der Waals surface area contributed by atoms with Crippen LogP contribution in [0.15, 0.2) is 34.1 Å². The number of carbonyl (C=O) groups is 2. The number of halogens is 1. The fourth-order valence-corrected chi connectivity index (χ4v) is 3.76. The second kappa shape index (κ2) is 5.27. The number of nitrogens with zero attached hydrogens (tertiary/aromatic N) is 1. The van der Waals surface area contributed by atoms with Crippen LogP contribution >= 0.6 is 27.3 Å². The van der Waals surface area contributed by atoms with Crippen molar-refractivity contribution in [3.63, 3.8) is 0 Å². The summed E-state index contributed by atoms with van der Waals surface area (Å²) in [7, 11) is 1.50. The lowest BCUT2D eigenvalue weighted by Crippen LogP contribution is -2.24. The summed E-state index contributed by atoms with van der Waals surface area (Å²) in [4.78, 5) is 26.2. The number of carbonyl (C=O) groups excluding carboxylic acids is 2. The summed E-state index contributed by atoms with van der Waals surface area (Å²) in [6, 6.07) is 9.49. The molecule has 0 radical (unpaired) electrons. The molecular formula is C15H13BrN2O2S. The molecule has 1 unspecified atom stereocenters. The highest BCUT2D eigenvalue weighted by Crippen LogP contribution is 2.31. The molecule has 1 aliphatic heterocycles. The number of benzene rings is 1. The van der Waals surface area contributed by atoms with E-state index in [1.165, 1.54) is 11.9 Å². The third kappa shape index (κ3) is 2.49. The van der Waals surface area contributed by atoms with Crippen LogP contribution < -0.4 is 5.32 Å². The summed E-state index contributed by atoms with van der Waals surface area (Å²) < 4.78 is 1.09. The number of thiophene rings is 1. The minimum absolute atomic E-state index is 0.129. The van der Waals surface area contributed by atoms with Crippen molar-refractivity contribution in [2.24, 2.45) is 0 Å². The van der Waals surface area contributed by atoms with Crippen LogP contribution in [-0.4, -0.2) is 23.8 Å². The molecule has 0 bridgehead atoms. The van der Waals surface area contributed by atoms with Crippen LogP contribution in [0.25, 0.3) is 0 Å². The van der Waals surface area contributed by atoms with Gasteiger partial charge in [-0.3, -0.25) is 14.5 Å². The average Bonchev–Trinajstić information content (AvgIpc) is 2.98. The molecule has 2 aromatic rings. The van der Waals surface area contributed by atoms with Gasteiger partial charge in [0.15, 0.2) is 0 Å². The maximum absolute atomic E-state index is 12.0. The lowest BCUT2D eigenvalue weighted by Gasteiger charge is -2.14. The van der Waals surface area contributed by atoms with Gasteiger partial charge < -0.3 is 5.32 Å². The van der Waals surface area contributed by atoms with Crippen molar-refractivity contribution < 1.29 is 9.59 Å². The van der Waals surface area contributed by atoms with Crippen molar-refractivity contribution >= 4 is 44.8 Å². The Kier molecular flexibility index (Phi) is 3.59. The molecule has 0 spiro atoms. The van der Waals surface area contributed by atoms with Gasteiger partial charge in [0.1, 0.15) is 0 Å². The third-order valence-corrected chi connectivity index (χ3v) is 5.30. The predicted octanol–water partition coefficient (Wildman–Crippen LogP) is 3.91. The van der Waals surface area contributed by atoms with E-state index in [1.54, 1.807) is 23.5 Å². The lowest BCUT2D eigenvalue weighted by atomic mass is 10.1. The highest BCUT2D eigenvalue weighted by Gasteiger charge is 2.32. The Morgan fingerprint density at radius 3 is 2.52 bits per heavy atom. The number of fused-ring (bicyclic) bond motifs is 1. The fraction of sp³-hybridized carbons (Fsp3) is 0.200. The van der Waals surface area contributed by atoms with Crippen molar-refractivity contribution in [1.82, 2.24) is 4.90 Å². The highest BCUT2D eigenvalue weighted by molar-refractivity contribution is 9.11. The molecule has 2 heterocycles. The summed E-state index contributed by atoms with van der Waals surface area (Å²) in [5, 5.41) is 3.36. The van der Waals surface area contributed by atoms with Crippen LogP contribution in [0.3, 0.4) is 0 Å². The molecule has 6 heteroatoms. The summed E-state index contributed by atoms with van der Waals surface area (Å²) in [6.07, 6.45) is 0. The first-order valence-corrected chi connectivity index (χ1v) is 8.06. The number of hydrogen-bond donors (Lipinski definition) is 1. The van der Waals surface area contributed by atoms with Gasteiger partial charge in [-0.25, -0.2) is 0 Å². The van der Waals surface area contributed by atoms with Crippen molar-refractivity contribution in [3.8, 4) is 0 Å². The zero-order chi connectivity index (χ0) is 15.1. The molecule has 0 saturated heterocycles. The Bertz CT molecular complexity index is 741. The lowest BCUT2D eigenvalue weighted by molar-refractivity contribution is 0.0693. The Labute approximate surface area is 134 Å². The van der Waals surface area contributed by atoms with Gasteiger partial charge in [0, 0.05) is 17.6 Å². The molecule has 1 aromatic heterocycles. The highest BCUT2D eigenvalue weighted by atomic mass is 79.9. The van der Waals surface area contributed by atoms with Crippen LogP contribution in [0.5, 0.6) is 0 Å². The Morgan fingerprint density at radius 2 is 1.86 bits per heavy atom. The van der Waals surface area contributed by atoms with Crippen LogP contribution in [0.2, 0.25) is 0 Å². The number of nitrogens with one attached hydrogen (secondary N) is 1. The first kappa shape index (κ1) is 14.3. The van der Waals surface area contributed by atoms with Crippen molar-refractivity contribution in [2.75, 3.05) is 12.4 Å². The number of imide groups is 1. The Morgan fingerprint density at radius 1 is 1.14 bits per heavy atom. The van der Waals surface area contributed by atoms with E-state index in [1.807, 2.05) is 12.1 Å². The molecule has 2 amide bonds. The van der Waals surface area contributed by atoms with Crippen LogP contribution in [0.1, 0.15) is 38.6 Å². The summed E-state index contributed by atoms with van der Waals surface area (Å²) >= 11 is 5.12. The van der Waals surface area contributed by atoms with E-state index in [-0.39, 0.29) is 17.9 Å². The van der Waals surface area contributed by atoms with E-state index in [0.717, 1.165) is 14.4 Å². The van der Waals surface area contributed by atoms with Gasteiger partial charge in [0.2, 0.25) is 0 Å². The molecule has 0 fully saturated rings. The normalized spacial score (nSPS) is 15.3. The number of amides is 2. The molecule has 1 aliphatic rings. The third-order valence-electron chi connectivity index (χ3n) is 3.49. The largest absolute Gasteiger partial charge is 0.378 e. The van der Waals surface area contributed by atoms with E-state index >= 15 is 0 Å². The number of rotatable bonds is 3. The van der Waals surface area contributed by atoms with Crippen LogP contribution in [0.4, 0.5) is 5.69 Å². The monoisotopic (exact) mass is 364 g/mol. The molecule has 21 heavy (non-hydrogen) atoms. The molecular weight excluding hydrogens is 352 g/mol. The second-order valence-electron chi connectivity index (χ2n) is 4.94. The molecule has 1 atom stereocenters. The van der Waals surface area contributed by atoms with Crippen molar-refractivity contribution in [1.29, 1.82) is 0 Å². The molecule has 0 aliphatic carbocycles. The standard InChI is InChI=1S/C15H13BrN2O2S/c1-8(12-5-6-13(16)21-12)17-9-3-4-10-11(7-9)15(20)18(2)14(10)19/h3-8,17H,1-2H3. The van der Waals surface area contributed by atoms with Crippen LogP contribution in [-0.2, 0) is 0 Å². The topological polar surface area (TPSA) is 49.4 Å². The first-order chi connectivity index (χ1) is 9.97. The Hall–Kier alpha value is -1.66. The molecule has 1 N–H and O–H groups in total. The quantitative estimate of drug-likeness (QED) is 0.839. The van der Waals surface area contributed by atoms with E-state index in [2.05, 4.69) is 34.2 Å². The van der Waals surface area contributed by atoms with Gasteiger partial charge in [0.25, 0.3) is 11.8 Å².